The molecule has 0 unspecified atom stereocenters. The Bertz CT molecular complexity index is 277. The molecular weight excluding hydrogens is 152 g/mol. The van der Waals surface area contributed by atoms with Crippen molar-refractivity contribution in [2.24, 2.45) is 0 Å². The Morgan fingerprint density at radius 3 is 3.08 bits per heavy atom. The van der Waals surface area contributed by atoms with Crippen molar-refractivity contribution in [2.75, 3.05) is 0 Å². The summed E-state index contributed by atoms with van der Waals surface area (Å²) in [5.74, 6) is 2.93. The van der Waals surface area contributed by atoms with E-state index in [2.05, 4.69) is 5.92 Å². The van der Waals surface area contributed by atoms with Gasteiger partial charge in [-0.05, 0) is 18.6 Å². The Balaban J connectivity index is 2.36. The number of terminal acetylenes is 1. The lowest BCUT2D eigenvalue weighted by Crippen LogP contribution is -1.95. The van der Waals surface area contributed by atoms with Crippen LogP contribution in [-0.4, -0.2) is 5.78 Å². The number of hydrogen-bond donors (Lipinski definition) is 0. The predicted molar refractivity (Wildman–Crippen MR) is 45.7 cm³/mol. The molecule has 1 heterocycles. The predicted octanol–water partition coefficient (Wildman–Crippen LogP) is 2.27. The van der Waals surface area contributed by atoms with Gasteiger partial charge in [0.15, 0.2) is 11.5 Å². The van der Waals surface area contributed by atoms with Crippen molar-refractivity contribution in [3.63, 3.8) is 0 Å². The van der Waals surface area contributed by atoms with E-state index in [9.17, 15) is 4.79 Å². The van der Waals surface area contributed by atoms with Crippen LogP contribution in [-0.2, 0) is 0 Å². The van der Waals surface area contributed by atoms with Crippen LogP contribution < -0.4 is 0 Å². The summed E-state index contributed by atoms with van der Waals surface area (Å²) in [5.41, 5.74) is 0. The number of hydrogen-bond acceptors (Lipinski definition) is 2. The first-order valence-electron chi connectivity index (χ1n) is 3.85. The van der Waals surface area contributed by atoms with E-state index in [1.807, 2.05) is 0 Å². The van der Waals surface area contributed by atoms with Gasteiger partial charge in [0.1, 0.15) is 0 Å². The third-order valence-electron chi connectivity index (χ3n) is 1.52. The zero-order chi connectivity index (χ0) is 8.81. The second-order valence-electron chi connectivity index (χ2n) is 2.46. The van der Waals surface area contributed by atoms with Gasteiger partial charge in [0.05, 0.1) is 6.26 Å². The Hall–Kier alpha value is -1.49. The summed E-state index contributed by atoms with van der Waals surface area (Å²) in [6.45, 7) is 0. The first-order valence-corrected chi connectivity index (χ1v) is 3.85. The van der Waals surface area contributed by atoms with Gasteiger partial charge in [0.25, 0.3) is 0 Å². The van der Waals surface area contributed by atoms with Gasteiger partial charge in [-0.25, -0.2) is 0 Å². The van der Waals surface area contributed by atoms with Gasteiger partial charge in [0.2, 0.25) is 0 Å². The normalized spacial score (nSPS) is 9.25. The van der Waals surface area contributed by atoms with E-state index in [4.69, 9.17) is 10.8 Å². The standard InChI is InChI=1S/C10H10O2/c1-2-3-4-6-9(11)10-7-5-8-12-10/h1,5,7-8H,3-4,6H2. The first kappa shape index (κ1) is 8.61. The fourth-order valence-corrected chi connectivity index (χ4v) is 0.911. The first-order chi connectivity index (χ1) is 5.84. The van der Waals surface area contributed by atoms with Gasteiger partial charge in [-0.1, -0.05) is 0 Å². The highest BCUT2D eigenvalue weighted by molar-refractivity contribution is 5.93. The van der Waals surface area contributed by atoms with E-state index >= 15 is 0 Å². The number of carbonyl (C=O) groups excluding carboxylic acids is 1. The minimum atomic E-state index is 0.0234. The van der Waals surface area contributed by atoms with Crippen molar-refractivity contribution < 1.29 is 9.21 Å². The molecule has 1 aromatic rings. The van der Waals surface area contributed by atoms with Crippen LogP contribution in [0.4, 0.5) is 0 Å². The van der Waals surface area contributed by atoms with E-state index in [-0.39, 0.29) is 5.78 Å². The highest BCUT2D eigenvalue weighted by Gasteiger charge is 2.06. The van der Waals surface area contributed by atoms with Crippen LogP contribution in [0.3, 0.4) is 0 Å². The van der Waals surface area contributed by atoms with E-state index in [1.54, 1.807) is 12.1 Å². The van der Waals surface area contributed by atoms with E-state index in [1.165, 1.54) is 6.26 Å². The molecule has 0 aliphatic heterocycles. The maximum absolute atomic E-state index is 11.2. The molecule has 0 fully saturated rings. The lowest BCUT2D eigenvalue weighted by molar-refractivity contribution is 0.0954. The molecule has 1 aromatic heterocycles. The highest BCUT2D eigenvalue weighted by Crippen LogP contribution is 2.06. The van der Waals surface area contributed by atoms with Crippen molar-refractivity contribution in [1.82, 2.24) is 0 Å². The summed E-state index contributed by atoms with van der Waals surface area (Å²) >= 11 is 0. The van der Waals surface area contributed by atoms with Crippen LogP contribution in [0.1, 0.15) is 29.8 Å². The zero-order valence-electron chi connectivity index (χ0n) is 6.75. The molecule has 0 atom stereocenters. The Labute approximate surface area is 71.6 Å². The topological polar surface area (TPSA) is 30.2 Å². The maximum Gasteiger partial charge on any atom is 0.198 e. The van der Waals surface area contributed by atoms with Crippen LogP contribution in [0.25, 0.3) is 0 Å². The Morgan fingerprint density at radius 1 is 1.67 bits per heavy atom. The number of rotatable bonds is 4. The van der Waals surface area contributed by atoms with E-state index < -0.39 is 0 Å². The fourth-order valence-electron chi connectivity index (χ4n) is 0.911. The van der Waals surface area contributed by atoms with Gasteiger partial charge >= 0.3 is 0 Å². The zero-order valence-corrected chi connectivity index (χ0v) is 6.75. The highest BCUT2D eigenvalue weighted by atomic mass is 16.3. The molecule has 0 amide bonds. The van der Waals surface area contributed by atoms with Gasteiger partial charge < -0.3 is 4.42 Å². The summed E-state index contributed by atoms with van der Waals surface area (Å²) in [4.78, 5) is 11.2. The maximum atomic E-state index is 11.2. The second kappa shape index (κ2) is 4.40. The van der Waals surface area contributed by atoms with Crippen molar-refractivity contribution in [3.8, 4) is 12.3 Å². The molecule has 62 valence electrons. The summed E-state index contributed by atoms with van der Waals surface area (Å²) in [6.07, 6.45) is 8.39. The van der Waals surface area contributed by atoms with Crippen LogP contribution in [0.15, 0.2) is 22.8 Å². The molecule has 0 aromatic carbocycles. The van der Waals surface area contributed by atoms with Crippen LogP contribution >= 0.6 is 0 Å². The van der Waals surface area contributed by atoms with Crippen molar-refractivity contribution in [3.05, 3.63) is 24.2 Å². The van der Waals surface area contributed by atoms with E-state index in [0.29, 0.717) is 18.6 Å². The second-order valence-corrected chi connectivity index (χ2v) is 2.46. The van der Waals surface area contributed by atoms with Crippen molar-refractivity contribution in [2.45, 2.75) is 19.3 Å². The van der Waals surface area contributed by atoms with Crippen molar-refractivity contribution in [1.29, 1.82) is 0 Å². The molecule has 0 saturated carbocycles. The average Bonchev–Trinajstić information content (AvgIpc) is 2.56. The molecule has 12 heavy (non-hydrogen) atoms. The van der Waals surface area contributed by atoms with Crippen LogP contribution in [0.5, 0.6) is 0 Å². The number of unbranched alkanes of at least 4 members (excludes halogenated alkanes) is 1. The van der Waals surface area contributed by atoms with Crippen molar-refractivity contribution >= 4 is 5.78 Å². The van der Waals surface area contributed by atoms with Gasteiger partial charge in [-0.3, -0.25) is 4.79 Å². The molecule has 0 radical (unpaired) electrons. The molecule has 0 aliphatic carbocycles. The lowest BCUT2D eigenvalue weighted by atomic mass is 10.1. The van der Waals surface area contributed by atoms with Gasteiger partial charge in [0, 0.05) is 12.8 Å². The molecule has 0 spiro atoms. The lowest BCUT2D eigenvalue weighted by Gasteiger charge is -1.92. The monoisotopic (exact) mass is 162 g/mol. The number of Topliss-reactive ketones (excluding diaryl/α,β-unsaturated/α-hetero) is 1. The third kappa shape index (κ3) is 2.28. The smallest absolute Gasteiger partial charge is 0.198 e. The number of ketones is 1. The molecular formula is C10H10O2. The van der Waals surface area contributed by atoms with E-state index in [0.717, 1.165) is 6.42 Å². The SMILES string of the molecule is C#CCCCC(=O)c1ccco1. The summed E-state index contributed by atoms with van der Waals surface area (Å²) in [5, 5.41) is 0. The average molecular weight is 162 g/mol. The molecule has 0 aliphatic rings. The minimum absolute atomic E-state index is 0.0234. The Kier molecular flexibility index (Phi) is 3.16. The molecule has 0 bridgehead atoms. The van der Waals surface area contributed by atoms with Gasteiger partial charge in [-0.15, -0.1) is 12.3 Å². The molecule has 0 saturated heterocycles. The number of furan rings is 1. The molecule has 2 heteroatoms. The molecule has 0 N–H and O–H groups in total. The number of carbonyl (C=O) groups is 1. The molecule has 1 rings (SSSR count). The fraction of sp³-hybridized carbons (Fsp3) is 0.300. The van der Waals surface area contributed by atoms with Gasteiger partial charge in [-0.2, -0.15) is 0 Å². The quantitative estimate of drug-likeness (QED) is 0.386. The Morgan fingerprint density at radius 2 is 2.50 bits per heavy atom. The minimum Gasteiger partial charge on any atom is -0.461 e. The van der Waals surface area contributed by atoms with Crippen LogP contribution in [0.2, 0.25) is 0 Å². The molecule has 2 nitrogen and oxygen atoms in total. The largest absolute Gasteiger partial charge is 0.461 e. The third-order valence-corrected chi connectivity index (χ3v) is 1.52. The summed E-state index contributed by atoms with van der Waals surface area (Å²) in [6, 6.07) is 3.37. The summed E-state index contributed by atoms with van der Waals surface area (Å²) < 4.78 is 4.92. The van der Waals surface area contributed by atoms with Crippen LogP contribution in [0, 0.1) is 12.3 Å². The summed E-state index contributed by atoms with van der Waals surface area (Å²) in [7, 11) is 0.